The number of rotatable bonds is 3. The number of nitrogens with zero attached hydrogens (tertiary/aromatic N) is 1. The largest absolute Gasteiger partial charge is 0.322 e. The molecule has 1 amide bonds. The number of hydrogen-bond donors (Lipinski definition) is 1. The highest BCUT2D eigenvalue weighted by molar-refractivity contribution is 6.04. The first-order valence-corrected chi connectivity index (χ1v) is 6.13. The molecule has 0 spiro atoms. The Labute approximate surface area is 112 Å². The van der Waals surface area contributed by atoms with Gasteiger partial charge in [0, 0.05) is 11.3 Å². The smallest absolute Gasteiger partial charge is 0.255 e. The molecule has 94 valence electrons. The number of nitrogens with one attached hydrogen (secondary N) is 1. The van der Waals surface area contributed by atoms with Crippen molar-refractivity contribution in [1.82, 2.24) is 0 Å². The fourth-order valence-electron chi connectivity index (χ4n) is 1.80. The summed E-state index contributed by atoms with van der Waals surface area (Å²) in [5, 5.41) is 11.7. The molecule has 3 heteroatoms. The Morgan fingerprint density at radius 3 is 2.74 bits per heavy atom. The second-order valence-corrected chi connectivity index (χ2v) is 4.20. The summed E-state index contributed by atoms with van der Waals surface area (Å²) in [4.78, 5) is 12.1. The molecule has 0 unspecified atom stereocenters. The minimum Gasteiger partial charge on any atom is -0.322 e. The van der Waals surface area contributed by atoms with Crippen molar-refractivity contribution in [2.75, 3.05) is 5.32 Å². The number of aryl methyl sites for hydroxylation is 1. The fraction of sp³-hybridized carbons (Fsp3) is 0.125. The number of nitriles is 1. The molecule has 0 radical (unpaired) electrons. The Bertz CT molecular complexity index is 641. The monoisotopic (exact) mass is 250 g/mol. The van der Waals surface area contributed by atoms with Gasteiger partial charge in [0.1, 0.15) is 0 Å². The lowest BCUT2D eigenvalue weighted by atomic mass is 10.1. The molecule has 0 atom stereocenters. The molecule has 0 heterocycles. The molecule has 2 aromatic carbocycles. The lowest BCUT2D eigenvalue weighted by Crippen LogP contribution is -2.12. The molecule has 19 heavy (non-hydrogen) atoms. The van der Waals surface area contributed by atoms with Gasteiger partial charge in [0.25, 0.3) is 5.91 Å². The van der Waals surface area contributed by atoms with E-state index in [1.165, 1.54) is 5.56 Å². The fourth-order valence-corrected chi connectivity index (χ4v) is 1.80. The third-order valence-corrected chi connectivity index (χ3v) is 2.85. The molecule has 0 aliphatic rings. The Hall–Kier alpha value is -2.60. The van der Waals surface area contributed by atoms with E-state index in [9.17, 15) is 4.79 Å². The predicted octanol–water partition coefficient (Wildman–Crippen LogP) is 3.37. The average Bonchev–Trinajstić information content (AvgIpc) is 2.47. The number of benzene rings is 2. The van der Waals surface area contributed by atoms with Crippen LogP contribution >= 0.6 is 0 Å². The summed E-state index contributed by atoms with van der Waals surface area (Å²) in [5.41, 5.74) is 2.91. The topological polar surface area (TPSA) is 52.9 Å². The molecule has 0 aliphatic heterocycles. The van der Waals surface area contributed by atoms with E-state index < -0.39 is 0 Å². The van der Waals surface area contributed by atoms with Crippen molar-refractivity contribution < 1.29 is 4.79 Å². The van der Waals surface area contributed by atoms with E-state index in [0.29, 0.717) is 11.1 Å². The molecule has 2 rings (SSSR count). The predicted molar refractivity (Wildman–Crippen MR) is 74.9 cm³/mol. The maximum Gasteiger partial charge on any atom is 0.255 e. The van der Waals surface area contributed by atoms with E-state index in [4.69, 9.17) is 5.26 Å². The molecule has 3 nitrogen and oxygen atoms in total. The second-order valence-electron chi connectivity index (χ2n) is 4.20. The second kappa shape index (κ2) is 5.83. The van der Waals surface area contributed by atoms with Crippen LogP contribution in [0.25, 0.3) is 0 Å². The first-order chi connectivity index (χ1) is 9.22. The van der Waals surface area contributed by atoms with Crippen LogP contribution in [0.4, 0.5) is 5.69 Å². The van der Waals surface area contributed by atoms with Crippen LogP contribution in [0.1, 0.15) is 28.4 Å². The molecule has 0 saturated heterocycles. The van der Waals surface area contributed by atoms with Crippen LogP contribution in [0, 0.1) is 11.3 Å². The van der Waals surface area contributed by atoms with Crippen molar-refractivity contribution in [3.05, 3.63) is 65.2 Å². The Morgan fingerprint density at radius 1 is 1.21 bits per heavy atom. The van der Waals surface area contributed by atoms with Crippen LogP contribution in [-0.4, -0.2) is 5.91 Å². The van der Waals surface area contributed by atoms with Crippen LogP contribution in [0.15, 0.2) is 48.5 Å². The first-order valence-electron chi connectivity index (χ1n) is 6.13. The van der Waals surface area contributed by atoms with E-state index in [0.717, 1.165) is 12.1 Å². The summed E-state index contributed by atoms with van der Waals surface area (Å²) in [5.74, 6) is -0.203. The van der Waals surface area contributed by atoms with E-state index in [2.05, 4.69) is 12.2 Å². The van der Waals surface area contributed by atoms with Crippen LogP contribution < -0.4 is 5.32 Å². The molecule has 2 aromatic rings. The standard InChI is InChI=1S/C16H14N2O/c1-2-12-5-4-8-15(10-12)18-16(19)14-7-3-6-13(9-14)11-17/h3-10H,2H2,1H3,(H,18,19). The third-order valence-electron chi connectivity index (χ3n) is 2.85. The van der Waals surface area contributed by atoms with Crippen molar-refractivity contribution in [2.24, 2.45) is 0 Å². The van der Waals surface area contributed by atoms with Gasteiger partial charge in [0.2, 0.25) is 0 Å². The van der Waals surface area contributed by atoms with Gasteiger partial charge in [0.05, 0.1) is 11.6 Å². The molecule has 0 aliphatic carbocycles. The highest BCUT2D eigenvalue weighted by Gasteiger charge is 2.06. The van der Waals surface area contributed by atoms with Gasteiger partial charge < -0.3 is 5.32 Å². The van der Waals surface area contributed by atoms with Crippen molar-refractivity contribution in [2.45, 2.75) is 13.3 Å². The van der Waals surface area contributed by atoms with E-state index in [1.807, 2.05) is 30.3 Å². The van der Waals surface area contributed by atoms with Crippen molar-refractivity contribution in [1.29, 1.82) is 5.26 Å². The highest BCUT2D eigenvalue weighted by atomic mass is 16.1. The van der Waals surface area contributed by atoms with Gasteiger partial charge in [-0.3, -0.25) is 4.79 Å². The molecule has 0 saturated carbocycles. The van der Waals surface area contributed by atoms with Crippen LogP contribution in [-0.2, 0) is 6.42 Å². The summed E-state index contributed by atoms with van der Waals surface area (Å²) in [6.45, 7) is 2.07. The van der Waals surface area contributed by atoms with Crippen LogP contribution in [0.2, 0.25) is 0 Å². The van der Waals surface area contributed by atoms with Gasteiger partial charge in [-0.2, -0.15) is 5.26 Å². The van der Waals surface area contributed by atoms with E-state index >= 15 is 0 Å². The lowest BCUT2D eigenvalue weighted by molar-refractivity contribution is 0.102. The normalized spacial score (nSPS) is 9.68. The van der Waals surface area contributed by atoms with Gasteiger partial charge in [-0.15, -0.1) is 0 Å². The molecule has 0 fully saturated rings. The quantitative estimate of drug-likeness (QED) is 0.908. The molecular weight excluding hydrogens is 236 g/mol. The number of anilines is 1. The zero-order chi connectivity index (χ0) is 13.7. The minimum atomic E-state index is -0.203. The SMILES string of the molecule is CCc1cccc(NC(=O)c2cccc(C#N)c2)c1. The van der Waals surface area contributed by atoms with E-state index in [1.54, 1.807) is 24.3 Å². The maximum absolute atomic E-state index is 12.1. The lowest BCUT2D eigenvalue weighted by Gasteiger charge is -2.06. The Kier molecular flexibility index (Phi) is 3.94. The van der Waals surface area contributed by atoms with Gasteiger partial charge in [-0.05, 0) is 42.3 Å². The summed E-state index contributed by atoms with van der Waals surface area (Å²) in [7, 11) is 0. The van der Waals surface area contributed by atoms with Crippen molar-refractivity contribution in [3.63, 3.8) is 0 Å². The summed E-state index contributed by atoms with van der Waals surface area (Å²) in [6, 6.07) is 16.4. The minimum absolute atomic E-state index is 0.203. The molecule has 0 bridgehead atoms. The maximum atomic E-state index is 12.1. The van der Waals surface area contributed by atoms with Crippen molar-refractivity contribution >= 4 is 11.6 Å². The summed E-state index contributed by atoms with van der Waals surface area (Å²) >= 11 is 0. The Morgan fingerprint density at radius 2 is 2.00 bits per heavy atom. The van der Waals surface area contributed by atoms with Gasteiger partial charge >= 0.3 is 0 Å². The van der Waals surface area contributed by atoms with E-state index in [-0.39, 0.29) is 5.91 Å². The van der Waals surface area contributed by atoms with Crippen LogP contribution in [0.5, 0.6) is 0 Å². The van der Waals surface area contributed by atoms with Crippen LogP contribution in [0.3, 0.4) is 0 Å². The zero-order valence-corrected chi connectivity index (χ0v) is 10.7. The summed E-state index contributed by atoms with van der Waals surface area (Å²) in [6.07, 6.45) is 0.924. The number of hydrogen-bond acceptors (Lipinski definition) is 2. The third kappa shape index (κ3) is 3.20. The number of amides is 1. The first kappa shape index (κ1) is 12.8. The average molecular weight is 250 g/mol. The number of carbonyl (C=O) groups is 1. The highest BCUT2D eigenvalue weighted by Crippen LogP contribution is 2.13. The number of carbonyl (C=O) groups excluding carboxylic acids is 1. The zero-order valence-electron chi connectivity index (χ0n) is 10.7. The van der Waals surface area contributed by atoms with Gasteiger partial charge in [-0.1, -0.05) is 25.1 Å². The summed E-state index contributed by atoms with van der Waals surface area (Å²) < 4.78 is 0. The van der Waals surface area contributed by atoms with Gasteiger partial charge in [0.15, 0.2) is 0 Å². The molecule has 0 aromatic heterocycles. The van der Waals surface area contributed by atoms with Gasteiger partial charge in [-0.25, -0.2) is 0 Å². The van der Waals surface area contributed by atoms with Crippen molar-refractivity contribution in [3.8, 4) is 6.07 Å². The molecular formula is C16H14N2O. The molecule has 1 N–H and O–H groups in total. The Balaban J connectivity index is 2.18.